The summed E-state index contributed by atoms with van der Waals surface area (Å²) in [6.07, 6.45) is 8.99. The zero-order valence-electron chi connectivity index (χ0n) is 23.4. The highest BCUT2D eigenvalue weighted by Crippen LogP contribution is 2.29. The van der Waals surface area contributed by atoms with Gasteiger partial charge >= 0.3 is 0 Å². The molecule has 1 aliphatic heterocycles. The molecular formula is C32H44FNO3S. The molecule has 0 aliphatic carbocycles. The molecule has 0 bridgehead atoms. The maximum atomic E-state index is 12.2. The molecule has 1 heterocycles. The molecule has 0 radical (unpaired) electrons. The number of nitrogens with zero attached hydrogens (tertiary/aromatic N) is 1. The second kappa shape index (κ2) is 20.9. The number of benzene rings is 2. The van der Waals surface area contributed by atoms with Gasteiger partial charge < -0.3 is 15.1 Å². The van der Waals surface area contributed by atoms with Gasteiger partial charge in [-0.1, -0.05) is 75.1 Å². The molecule has 0 saturated carbocycles. The van der Waals surface area contributed by atoms with Crippen LogP contribution in [0.2, 0.25) is 0 Å². The maximum absolute atomic E-state index is 12.2. The van der Waals surface area contributed by atoms with Crippen molar-refractivity contribution in [2.45, 2.75) is 46.6 Å². The van der Waals surface area contributed by atoms with Crippen LogP contribution in [0.5, 0.6) is 5.75 Å². The van der Waals surface area contributed by atoms with Crippen molar-refractivity contribution >= 4 is 28.3 Å². The Morgan fingerprint density at radius 3 is 2.21 bits per heavy atom. The fourth-order valence-electron chi connectivity index (χ4n) is 3.42. The van der Waals surface area contributed by atoms with Gasteiger partial charge in [0.25, 0.3) is 0 Å². The van der Waals surface area contributed by atoms with Gasteiger partial charge in [-0.3, -0.25) is 4.79 Å². The van der Waals surface area contributed by atoms with E-state index in [1.807, 2.05) is 76.4 Å². The molecule has 6 heteroatoms. The molecule has 1 amide bonds. The van der Waals surface area contributed by atoms with Crippen LogP contribution >= 0.6 is 11.8 Å². The minimum absolute atomic E-state index is 0.0295. The Kier molecular flexibility index (Phi) is 19.2. The first-order valence-electron chi connectivity index (χ1n) is 12.8. The number of phenolic OH excluding ortho intramolecular Hbond substituents is 1. The number of phenols is 1. The largest absolute Gasteiger partial charge is 0.508 e. The summed E-state index contributed by atoms with van der Waals surface area (Å²) in [5, 5.41) is 19.1. The molecule has 2 atom stereocenters. The van der Waals surface area contributed by atoms with E-state index in [1.54, 1.807) is 47.0 Å². The van der Waals surface area contributed by atoms with Crippen molar-refractivity contribution in [3.05, 3.63) is 103 Å². The zero-order valence-corrected chi connectivity index (χ0v) is 24.3. The molecule has 1 aliphatic rings. The van der Waals surface area contributed by atoms with Gasteiger partial charge in [0, 0.05) is 17.1 Å². The van der Waals surface area contributed by atoms with Gasteiger partial charge in [0.2, 0.25) is 5.91 Å². The third-order valence-corrected chi connectivity index (χ3v) is 6.16. The van der Waals surface area contributed by atoms with Crippen molar-refractivity contribution in [3.63, 3.8) is 0 Å². The smallest absolute Gasteiger partial charge is 0.231 e. The lowest BCUT2D eigenvalue weighted by molar-refractivity contribution is -0.127. The Bertz CT molecular complexity index is 1000. The van der Waals surface area contributed by atoms with E-state index in [9.17, 15) is 14.3 Å². The first-order valence-corrected chi connectivity index (χ1v) is 14.1. The Hall–Kier alpha value is -3.09. The number of carbonyl (C=O) groups excluding carboxylic acids is 1. The summed E-state index contributed by atoms with van der Waals surface area (Å²) in [4.78, 5) is 14.9. The van der Waals surface area contributed by atoms with E-state index in [4.69, 9.17) is 5.11 Å². The molecule has 2 unspecified atom stereocenters. The lowest BCUT2D eigenvalue weighted by Gasteiger charge is -2.38. The number of thioether (sulfide) groups is 1. The van der Waals surface area contributed by atoms with Crippen LogP contribution in [0.15, 0.2) is 97.6 Å². The first-order chi connectivity index (χ1) is 18.3. The molecule has 1 fully saturated rings. The van der Waals surface area contributed by atoms with Gasteiger partial charge in [-0.05, 0) is 68.3 Å². The number of anilines is 1. The summed E-state index contributed by atoms with van der Waals surface area (Å²) in [5.41, 5.74) is 2.68. The lowest BCUT2D eigenvalue weighted by Crippen LogP contribution is -2.52. The Balaban J connectivity index is 0.000000714. The van der Waals surface area contributed by atoms with Gasteiger partial charge in [0.15, 0.2) is 0 Å². The molecule has 3 rings (SSSR count). The normalized spacial score (nSPS) is 15.0. The number of halogens is 1. The SMILES string of the molecule is C/C=C(\C=C/CF)C(O)CCC1CN(c2ccccc2)C1=O.C=C(SC)c1ccc(O)cc1.C=CC.CC. The van der Waals surface area contributed by atoms with Crippen LogP contribution in [-0.2, 0) is 4.79 Å². The summed E-state index contributed by atoms with van der Waals surface area (Å²) >= 11 is 1.61. The summed E-state index contributed by atoms with van der Waals surface area (Å²) in [7, 11) is 0. The standard InChI is InChI=1S/C18H22FNO2.C9H10OS.C3H6.C2H6/c1-2-14(7-6-12-19)17(21)11-10-15-13-20(18(15)22)16-8-4-3-5-9-16;1-7(11-2)8-3-5-9(10)6-4-8;1-3-2;1-2/h2-9,15,17,21H,10-13H2,1H3;3-6,10H,1H2,2H3;3H,1H2,2H3;1-2H3/b7-6-,14-2+;;;. The molecule has 0 spiro atoms. The van der Waals surface area contributed by atoms with Crippen LogP contribution in [0.3, 0.4) is 0 Å². The Labute approximate surface area is 233 Å². The molecule has 2 aromatic carbocycles. The van der Waals surface area contributed by atoms with Crippen LogP contribution in [0, 0.1) is 5.92 Å². The lowest BCUT2D eigenvalue weighted by atomic mass is 9.90. The number of carbonyl (C=O) groups is 1. The predicted molar refractivity (Wildman–Crippen MR) is 164 cm³/mol. The van der Waals surface area contributed by atoms with E-state index in [0.29, 0.717) is 30.7 Å². The van der Waals surface area contributed by atoms with Crippen molar-refractivity contribution in [2.24, 2.45) is 5.92 Å². The van der Waals surface area contributed by atoms with Crippen molar-refractivity contribution in [1.82, 2.24) is 0 Å². The highest BCUT2D eigenvalue weighted by atomic mass is 32.2. The quantitative estimate of drug-likeness (QED) is 0.191. The monoisotopic (exact) mass is 541 g/mol. The molecular weight excluding hydrogens is 497 g/mol. The number of aliphatic hydroxyl groups excluding tert-OH is 1. The Morgan fingerprint density at radius 2 is 1.74 bits per heavy atom. The molecule has 2 N–H and O–H groups in total. The van der Waals surface area contributed by atoms with Crippen molar-refractivity contribution < 1.29 is 19.4 Å². The molecule has 38 heavy (non-hydrogen) atoms. The summed E-state index contributed by atoms with van der Waals surface area (Å²) < 4.78 is 12.1. The summed E-state index contributed by atoms with van der Waals surface area (Å²) in [6.45, 7) is 15.1. The van der Waals surface area contributed by atoms with Crippen molar-refractivity contribution in [1.29, 1.82) is 0 Å². The minimum Gasteiger partial charge on any atom is -0.508 e. The van der Waals surface area contributed by atoms with Gasteiger partial charge in [0.05, 0.1) is 12.0 Å². The summed E-state index contributed by atoms with van der Waals surface area (Å²) in [6, 6.07) is 16.6. The second-order valence-corrected chi connectivity index (χ2v) is 8.90. The fraction of sp³-hybridized carbons (Fsp3) is 0.344. The van der Waals surface area contributed by atoms with Crippen LogP contribution < -0.4 is 4.90 Å². The van der Waals surface area contributed by atoms with Gasteiger partial charge in [-0.15, -0.1) is 18.3 Å². The van der Waals surface area contributed by atoms with Crippen LogP contribution in [0.4, 0.5) is 10.1 Å². The molecule has 1 saturated heterocycles. The third kappa shape index (κ3) is 12.4. The molecule has 2 aromatic rings. The van der Waals surface area contributed by atoms with Crippen molar-refractivity contribution in [2.75, 3.05) is 24.4 Å². The fourth-order valence-corrected chi connectivity index (χ4v) is 3.79. The van der Waals surface area contributed by atoms with Crippen LogP contribution in [-0.4, -0.2) is 41.7 Å². The van der Waals surface area contributed by atoms with E-state index in [1.165, 1.54) is 6.08 Å². The number of aromatic hydroxyl groups is 1. The maximum Gasteiger partial charge on any atom is 0.231 e. The van der Waals surface area contributed by atoms with Crippen molar-refractivity contribution in [3.8, 4) is 5.75 Å². The van der Waals surface area contributed by atoms with Gasteiger partial charge in [-0.2, -0.15) is 0 Å². The average Bonchev–Trinajstić information content (AvgIpc) is 2.95. The third-order valence-electron chi connectivity index (χ3n) is 5.43. The molecule has 208 valence electrons. The first kappa shape index (κ1) is 34.9. The predicted octanol–water partition coefficient (Wildman–Crippen LogP) is 8.21. The van der Waals surface area contributed by atoms with E-state index < -0.39 is 12.8 Å². The number of β-lactam (4-membered cyclic amide) rings is 1. The van der Waals surface area contributed by atoms with E-state index in [2.05, 4.69) is 13.2 Å². The zero-order chi connectivity index (χ0) is 28.9. The van der Waals surface area contributed by atoms with Crippen LogP contribution in [0.25, 0.3) is 4.91 Å². The van der Waals surface area contributed by atoms with Gasteiger partial charge in [0.1, 0.15) is 12.4 Å². The average molecular weight is 542 g/mol. The van der Waals surface area contributed by atoms with Gasteiger partial charge in [-0.25, -0.2) is 4.39 Å². The number of hydrogen-bond acceptors (Lipinski definition) is 4. The number of rotatable bonds is 9. The summed E-state index contributed by atoms with van der Waals surface area (Å²) in [5.74, 6) is 0.375. The Morgan fingerprint density at radius 1 is 1.16 bits per heavy atom. The number of aliphatic hydroxyl groups is 1. The number of alkyl halides is 1. The number of hydrogen-bond donors (Lipinski definition) is 2. The number of amides is 1. The van der Waals surface area contributed by atoms with Crippen LogP contribution in [0.1, 0.15) is 46.1 Å². The van der Waals surface area contributed by atoms with E-state index in [-0.39, 0.29) is 11.8 Å². The molecule has 4 nitrogen and oxygen atoms in total. The highest BCUT2D eigenvalue weighted by Gasteiger charge is 2.37. The number of allylic oxidation sites excluding steroid dienone is 3. The van der Waals surface area contributed by atoms with E-state index >= 15 is 0 Å². The minimum atomic E-state index is -0.647. The van der Waals surface area contributed by atoms with E-state index in [0.717, 1.165) is 16.2 Å². The topological polar surface area (TPSA) is 60.8 Å². The second-order valence-electron chi connectivity index (χ2n) is 8.00. The highest BCUT2D eigenvalue weighted by molar-refractivity contribution is 8.07. The number of para-hydroxylation sites is 1. The molecule has 0 aromatic heterocycles.